The van der Waals surface area contributed by atoms with Gasteiger partial charge in [0.25, 0.3) is 5.56 Å². The zero-order chi connectivity index (χ0) is 23.4. The minimum atomic E-state index is -3.58. The summed E-state index contributed by atoms with van der Waals surface area (Å²) in [5, 5.41) is 5.55. The molecule has 0 saturated carbocycles. The molecular formula is C23H24N4O4S2. The highest BCUT2D eigenvalue weighted by Gasteiger charge is 2.27. The monoisotopic (exact) mass is 484 g/mol. The average molecular weight is 485 g/mol. The van der Waals surface area contributed by atoms with E-state index in [4.69, 9.17) is 0 Å². The summed E-state index contributed by atoms with van der Waals surface area (Å²) >= 11 is 1.57. The van der Waals surface area contributed by atoms with Crippen LogP contribution in [0.1, 0.15) is 10.4 Å². The number of amides is 1. The van der Waals surface area contributed by atoms with Gasteiger partial charge in [0.2, 0.25) is 15.9 Å². The number of piperazine rings is 1. The molecule has 1 aliphatic heterocycles. The quantitative estimate of drug-likeness (QED) is 0.536. The predicted octanol–water partition coefficient (Wildman–Crippen LogP) is 2.43. The second kappa shape index (κ2) is 9.82. The van der Waals surface area contributed by atoms with Crippen LogP contribution in [0.4, 0.5) is 0 Å². The van der Waals surface area contributed by atoms with Crippen molar-refractivity contribution in [3.63, 3.8) is 0 Å². The molecule has 1 aromatic carbocycles. The molecule has 33 heavy (non-hydrogen) atoms. The fourth-order valence-corrected chi connectivity index (χ4v) is 5.51. The number of aryl methyl sites for hydroxylation is 1. The summed E-state index contributed by atoms with van der Waals surface area (Å²) in [7, 11) is -3.58. The van der Waals surface area contributed by atoms with E-state index in [0.717, 1.165) is 15.3 Å². The number of carbonyl (C=O) groups excluding carboxylic acids is 1. The first-order valence-corrected chi connectivity index (χ1v) is 12.8. The van der Waals surface area contributed by atoms with Crippen molar-refractivity contribution in [2.45, 2.75) is 13.5 Å². The number of hydrogen-bond acceptors (Lipinski definition) is 6. The molecule has 1 fully saturated rings. The highest BCUT2D eigenvalue weighted by Crippen LogP contribution is 2.25. The predicted molar refractivity (Wildman–Crippen MR) is 129 cm³/mol. The summed E-state index contributed by atoms with van der Waals surface area (Å²) in [4.78, 5) is 28.7. The Balaban J connectivity index is 1.38. The number of benzene rings is 1. The van der Waals surface area contributed by atoms with Gasteiger partial charge < -0.3 is 4.90 Å². The van der Waals surface area contributed by atoms with E-state index in [0.29, 0.717) is 5.69 Å². The summed E-state index contributed by atoms with van der Waals surface area (Å²) in [6.45, 7) is 2.72. The number of rotatable bonds is 6. The SMILES string of the molecule is Cc1ccc(-c2ccc(=O)n(CC(=O)N3CCN(S(=O)(=O)/C=C/c4ccccc4)CC3)n2)s1. The van der Waals surface area contributed by atoms with Gasteiger partial charge in [-0.15, -0.1) is 11.3 Å². The molecule has 0 spiro atoms. The highest BCUT2D eigenvalue weighted by molar-refractivity contribution is 7.92. The number of thiophene rings is 1. The Kier molecular flexibility index (Phi) is 6.87. The van der Waals surface area contributed by atoms with E-state index in [9.17, 15) is 18.0 Å². The van der Waals surface area contributed by atoms with E-state index < -0.39 is 10.0 Å². The summed E-state index contributed by atoms with van der Waals surface area (Å²) in [5.74, 6) is -0.263. The number of sulfonamides is 1. The molecule has 1 saturated heterocycles. The van der Waals surface area contributed by atoms with E-state index in [1.165, 1.54) is 20.5 Å². The molecule has 1 aliphatic rings. The molecule has 0 atom stereocenters. The van der Waals surface area contributed by atoms with Crippen LogP contribution in [0.5, 0.6) is 0 Å². The summed E-state index contributed by atoms with van der Waals surface area (Å²) in [6, 6.07) is 16.2. The Morgan fingerprint density at radius 1 is 1.03 bits per heavy atom. The molecule has 2 aromatic heterocycles. The van der Waals surface area contributed by atoms with Crippen LogP contribution in [-0.2, 0) is 21.4 Å². The second-order valence-electron chi connectivity index (χ2n) is 7.66. The maximum atomic E-state index is 12.8. The first-order chi connectivity index (χ1) is 15.8. The lowest BCUT2D eigenvalue weighted by molar-refractivity contribution is -0.133. The maximum Gasteiger partial charge on any atom is 0.267 e. The van der Waals surface area contributed by atoms with Crippen molar-refractivity contribution >= 4 is 33.3 Å². The third-order valence-electron chi connectivity index (χ3n) is 5.33. The Morgan fingerprint density at radius 2 is 1.76 bits per heavy atom. The van der Waals surface area contributed by atoms with Crippen LogP contribution >= 0.6 is 11.3 Å². The third-order valence-corrected chi connectivity index (χ3v) is 7.92. The fraction of sp³-hybridized carbons (Fsp3) is 0.261. The van der Waals surface area contributed by atoms with E-state index in [2.05, 4.69) is 5.10 Å². The first kappa shape index (κ1) is 23.1. The minimum absolute atomic E-state index is 0.183. The van der Waals surface area contributed by atoms with Gasteiger partial charge >= 0.3 is 0 Å². The Labute approximate surface area is 196 Å². The maximum absolute atomic E-state index is 12.8. The summed E-state index contributed by atoms with van der Waals surface area (Å²) in [5.41, 5.74) is 1.09. The molecule has 8 nitrogen and oxygen atoms in total. The Morgan fingerprint density at radius 3 is 2.42 bits per heavy atom. The molecule has 10 heteroatoms. The topological polar surface area (TPSA) is 92.6 Å². The van der Waals surface area contributed by atoms with Crippen molar-refractivity contribution in [2.24, 2.45) is 0 Å². The third kappa shape index (κ3) is 5.65. The largest absolute Gasteiger partial charge is 0.338 e. The molecular weight excluding hydrogens is 460 g/mol. The van der Waals surface area contributed by atoms with Crippen LogP contribution in [0.25, 0.3) is 16.6 Å². The van der Waals surface area contributed by atoms with E-state index in [-0.39, 0.29) is 44.2 Å². The number of aromatic nitrogens is 2. The van der Waals surface area contributed by atoms with Crippen LogP contribution in [0.3, 0.4) is 0 Å². The molecule has 0 aliphatic carbocycles. The minimum Gasteiger partial charge on any atom is -0.338 e. The van der Waals surface area contributed by atoms with E-state index in [1.54, 1.807) is 28.4 Å². The molecule has 0 bridgehead atoms. The average Bonchev–Trinajstić information content (AvgIpc) is 3.26. The van der Waals surface area contributed by atoms with Crippen LogP contribution < -0.4 is 5.56 Å². The number of hydrogen-bond donors (Lipinski definition) is 0. The summed E-state index contributed by atoms with van der Waals surface area (Å²) in [6.07, 6.45) is 1.56. The number of nitrogens with zero attached hydrogens (tertiary/aromatic N) is 4. The van der Waals surface area contributed by atoms with E-state index in [1.807, 2.05) is 49.4 Å². The van der Waals surface area contributed by atoms with Crippen molar-refractivity contribution in [3.05, 3.63) is 80.8 Å². The van der Waals surface area contributed by atoms with Crippen LogP contribution in [0.15, 0.2) is 64.8 Å². The molecule has 0 radical (unpaired) electrons. The lowest BCUT2D eigenvalue weighted by Gasteiger charge is -2.33. The number of carbonyl (C=O) groups is 1. The lowest BCUT2D eigenvalue weighted by Crippen LogP contribution is -2.51. The van der Waals surface area contributed by atoms with Gasteiger partial charge in [-0.2, -0.15) is 9.40 Å². The fourth-order valence-electron chi connectivity index (χ4n) is 3.50. The normalized spacial score (nSPS) is 15.2. The van der Waals surface area contributed by atoms with Crippen LogP contribution in [0.2, 0.25) is 0 Å². The Hall–Kier alpha value is -3.08. The van der Waals surface area contributed by atoms with Crippen LogP contribution in [-0.4, -0.2) is 59.5 Å². The molecule has 0 unspecified atom stereocenters. The van der Waals surface area contributed by atoms with Gasteiger partial charge in [-0.3, -0.25) is 9.59 Å². The van der Waals surface area contributed by atoms with Gasteiger partial charge in [0.1, 0.15) is 12.2 Å². The van der Waals surface area contributed by atoms with E-state index >= 15 is 0 Å². The zero-order valence-corrected chi connectivity index (χ0v) is 19.8. The van der Waals surface area contributed by atoms with Crippen molar-refractivity contribution < 1.29 is 13.2 Å². The van der Waals surface area contributed by atoms with Gasteiger partial charge in [-0.05, 0) is 36.8 Å². The molecule has 3 aromatic rings. The summed E-state index contributed by atoms with van der Waals surface area (Å²) < 4.78 is 27.8. The molecule has 0 N–H and O–H groups in total. The first-order valence-electron chi connectivity index (χ1n) is 10.5. The van der Waals surface area contributed by atoms with Crippen molar-refractivity contribution in [3.8, 4) is 10.6 Å². The van der Waals surface area contributed by atoms with Gasteiger partial charge in [0.05, 0.1) is 4.88 Å². The van der Waals surface area contributed by atoms with Gasteiger partial charge in [-0.25, -0.2) is 13.1 Å². The Bertz CT molecular complexity index is 1320. The van der Waals surface area contributed by atoms with Gasteiger partial charge in [-0.1, -0.05) is 30.3 Å². The highest BCUT2D eigenvalue weighted by atomic mass is 32.2. The van der Waals surface area contributed by atoms with Crippen molar-refractivity contribution in [1.29, 1.82) is 0 Å². The molecule has 3 heterocycles. The van der Waals surface area contributed by atoms with Gasteiger partial charge in [0.15, 0.2) is 0 Å². The van der Waals surface area contributed by atoms with Crippen LogP contribution in [0, 0.1) is 6.92 Å². The molecule has 4 rings (SSSR count). The molecule has 172 valence electrons. The van der Waals surface area contributed by atoms with Gasteiger partial charge in [0, 0.05) is 42.5 Å². The van der Waals surface area contributed by atoms with Crippen molar-refractivity contribution in [1.82, 2.24) is 19.0 Å². The standard InChI is InChI=1S/C23H24N4O4S2/c1-18-7-9-21(32-18)20-8-10-22(28)27(24-20)17-23(29)25-12-14-26(15-13-25)33(30,31)16-11-19-5-3-2-4-6-19/h2-11,16H,12-15,17H2,1H3/b16-11+. The lowest BCUT2D eigenvalue weighted by atomic mass is 10.2. The van der Waals surface area contributed by atoms with Crippen molar-refractivity contribution in [2.75, 3.05) is 26.2 Å². The molecule has 1 amide bonds. The zero-order valence-electron chi connectivity index (χ0n) is 18.1. The smallest absolute Gasteiger partial charge is 0.267 e. The second-order valence-corrected chi connectivity index (χ2v) is 10.8.